The molecular weight excluding hydrogens is 309 g/mol. The van der Waals surface area contributed by atoms with Crippen molar-refractivity contribution in [3.05, 3.63) is 16.5 Å². The first kappa shape index (κ1) is 14.7. The molecule has 2 aromatic heterocycles. The van der Waals surface area contributed by atoms with Crippen LogP contribution in [0.2, 0.25) is 10.3 Å². The van der Waals surface area contributed by atoms with Gasteiger partial charge in [-0.3, -0.25) is 0 Å². The van der Waals surface area contributed by atoms with Crippen molar-refractivity contribution >= 4 is 52.5 Å². The van der Waals surface area contributed by atoms with Gasteiger partial charge in [-0.05, 0) is 31.0 Å². The van der Waals surface area contributed by atoms with Gasteiger partial charge in [-0.25, -0.2) is 0 Å². The monoisotopic (exact) mass is 321 g/mol. The van der Waals surface area contributed by atoms with E-state index in [9.17, 15) is 0 Å². The number of piperidine rings is 1. The minimum absolute atomic E-state index is 0. The zero-order chi connectivity index (χ0) is 12.5. The van der Waals surface area contributed by atoms with E-state index in [4.69, 9.17) is 23.2 Å². The first-order valence-electron chi connectivity index (χ1n) is 5.91. The number of aromatic nitrogens is 3. The lowest BCUT2D eigenvalue weighted by Gasteiger charge is -2.24. The Morgan fingerprint density at radius 3 is 2.89 bits per heavy atom. The average Bonchev–Trinajstić information content (AvgIpc) is 2.72. The number of halogens is 3. The van der Waals surface area contributed by atoms with Gasteiger partial charge in [0.15, 0.2) is 0 Å². The second-order valence-electron chi connectivity index (χ2n) is 4.39. The summed E-state index contributed by atoms with van der Waals surface area (Å²) in [5.41, 5.74) is 0.659. The lowest BCUT2D eigenvalue weighted by atomic mass is 10.1. The van der Waals surface area contributed by atoms with Crippen LogP contribution in [-0.4, -0.2) is 34.1 Å². The van der Waals surface area contributed by atoms with Gasteiger partial charge in [-0.15, -0.1) is 12.4 Å². The fourth-order valence-electron chi connectivity index (χ4n) is 2.24. The predicted octanol–water partition coefficient (Wildman–Crippen LogP) is 2.85. The van der Waals surface area contributed by atoms with Gasteiger partial charge < -0.3 is 15.6 Å². The molecule has 0 spiro atoms. The Balaban J connectivity index is 0.00000133. The molecule has 3 heterocycles. The summed E-state index contributed by atoms with van der Waals surface area (Å²) < 4.78 is 0. The van der Waals surface area contributed by atoms with E-state index in [-0.39, 0.29) is 17.7 Å². The molecule has 8 heteroatoms. The summed E-state index contributed by atoms with van der Waals surface area (Å²) in [7, 11) is 0. The Morgan fingerprint density at radius 1 is 1.32 bits per heavy atom. The fourth-order valence-corrected chi connectivity index (χ4v) is 2.64. The lowest BCUT2D eigenvalue weighted by molar-refractivity contribution is 0.479. The SMILES string of the molecule is Cl.Clc1nc(N[C@@H]2CCCNC2)c2c(Cl)c[nH]c2n1. The van der Waals surface area contributed by atoms with Gasteiger partial charge in [-0.1, -0.05) is 11.6 Å². The Kier molecular flexibility index (Phi) is 4.73. The molecule has 0 saturated carbocycles. The second kappa shape index (κ2) is 6.13. The van der Waals surface area contributed by atoms with Crippen molar-refractivity contribution in [3.8, 4) is 0 Å². The molecule has 3 N–H and O–H groups in total. The summed E-state index contributed by atoms with van der Waals surface area (Å²) >= 11 is 12.0. The highest BCUT2D eigenvalue weighted by Gasteiger charge is 2.17. The summed E-state index contributed by atoms with van der Waals surface area (Å²) in [4.78, 5) is 11.3. The molecule has 0 aliphatic carbocycles. The van der Waals surface area contributed by atoms with Crippen LogP contribution in [0.15, 0.2) is 6.20 Å². The highest BCUT2D eigenvalue weighted by Crippen LogP contribution is 2.29. The minimum atomic E-state index is 0. The molecule has 3 rings (SSSR count). The molecule has 104 valence electrons. The summed E-state index contributed by atoms with van der Waals surface area (Å²) in [6.45, 7) is 1.99. The highest BCUT2D eigenvalue weighted by molar-refractivity contribution is 6.36. The Hall–Kier alpha value is -0.750. The van der Waals surface area contributed by atoms with E-state index in [1.54, 1.807) is 6.20 Å². The van der Waals surface area contributed by atoms with E-state index >= 15 is 0 Å². The molecule has 1 fully saturated rings. The molecule has 2 aromatic rings. The topological polar surface area (TPSA) is 65.6 Å². The molecule has 0 radical (unpaired) electrons. The van der Waals surface area contributed by atoms with Crippen molar-refractivity contribution in [2.75, 3.05) is 18.4 Å². The largest absolute Gasteiger partial charge is 0.365 e. The average molecular weight is 323 g/mol. The fraction of sp³-hybridized carbons (Fsp3) is 0.455. The first-order valence-corrected chi connectivity index (χ1v) is 6.67. The smallest absolute Gasteiger partial charge is 0.226 e. The maximum absolute atomic E-state index is 6.14. The van der Waals surface area contributed by atoms with Gasteiger partial charge >= 0.3 is 0 Å². The van der Waals surface area contributed by atoms with Gasteiger partial charge in [-0.2, -0.15) is 9.97 Å². The van der Waals surface area contributed by atoms with Gasteiger partial charge in [0.1, 0.15) is 11.5 Å². The number of rotatable bonds is 2. The van der Waals surface area contributed by atoms with Crippen LogP contribution < -0.4 is 10.6 Å². The molecule has 0 bridgehead atoms. The number of fused-ring (bicyclic) bond motifs is 1. The highest BCUT2D eigenvalue weighted by atomic mass is 35.5. The molecule has 0 unspecified atom stereocenters. The van der Waals surface area contributed by atoms with Crippen molar-refractivity contribution in [2.45, 2.75) is 18.9 Å². The maximum Gasteiger partial charge on any atom is 0.226 e. The Bertz CT molecular complexity index is 565. The Labute approximate surface area is 126 Å². The van der Waals surface area contributed by atoms with Crippen LogP contribution in [0.4, 0.5) is 5.82 Å². The van der Waals surface area contributed by atoms with Crippen LogP contribution in [0.3, 0.4) is 0 Å². The van der Waals surface area contributed by atoms with E-state index in [0.717, 1.165) is 31.3 Å². The van der Waals surface area contributed by atoms with Crippen LogP contribution in [-0.2, 0) is 0 Å². The summed E-state index contributed by atoms with van der Waals surface area (Å²) in [6.07, 6.45) is 3.96. The van der Waals surface area contributed by atoms with Gasteiger partial charge in [0.2, 0.25) is 5.28 Å². The zero-order valence-corrected chi connectivity index (χ0v) is 12.4. The molecule has 5 nitrogen and oxygen atoms in total. The van der Waals surface area contributed by atoms with E-state index in [1.165, 1.54) is 0 Å². The number of hydrogen-bond donors (Lipinski definition) is 3. The predicted molar refractivity (Wildman–Crippen MR) is 80.7 cm³/mol. The third-order valence-corrected chi connectivity index (χ3v) is 3.56. The molecule has 0 amide bonds. The number of nitrogens with zero attached hydrogens (tertiary/aromatic N) is 2. The molecule has 1 aliphatic heterocycles. The van der Waals surface area contributed by atoms with Gasteiger partial charge in [0.05, 0.1) is 10.4 Å². The first-order chi connectivity index (χ1) is 8.74. The van der Waals surface area contributed by atoms with Crippen molar-refractivity contribution < 1.29 is 0 Å². The number of H-pyrrole nitrogens is 1. The second-order valence-corrected chi connectivity index (χ2v) is 5.13. The quantitative estimate of drug-likeness (QED) is 0.744. The van der Waals surface area contributed by atoms with Crippen molar-refractivity contribution in [1.29, 1.82) is 0 Å². The standard InChI is InChI=1S/C11H13Cl2N5.ClH/c12-7-5-15-9-8(7)10(18-11(13)17-9)16-6-2-1-3-14-4-6;/h5-6,14H,1-4H2,(H2,15,16,17,18);1H/t6-;/m1./s1. The molecule has 1 atom stereocenters. The molecular formula is C11H14Cl3N5. The molecule has 1 aliphatic rings. The van der Waals surface area contributed by atoms with Crippen molar-refractivity contribution in [3.63, 3.8) is 0 Å². The van der Waals surface area contributed by atoms with Crippen LogP contribution in [0.25, 0.3) is 11.0 Å². The molecule has 1 saturated heterocycles. The van der Waals surface area contributed by atoms with Gasteiger partial charge in [0.25, 0.3) is 0 Å². The van der Waals surface area contributed by atoms with Crippen LogP contribution in [0.1, 0.15) is 12.8 Å². The van der Waals surface area contributed by atoms with E-state index in [0.29, 0.717) is 22.5 Å². The number of anilines is 1. The summed E-state index contributed by atoms with van der Waals surface area (Å²) in [6, 6.07) is 0.346. The van der Waals surface area contributed by atoms with Crippen LogP contribution >= 0.6 is 35.6 Å². The number of hydrogen-bond acceptors (Lipinski definition) is 4. The van der Waals surface area contributed by atoms with Crippen molar-refractivity contribution in [2.24, 2.45) is 0 Å². The van der Waals surface area contributed by atoms with Crippen molar-refractivity contribution in [1.82, 2.24) is 20.3 Å². The normalized spacial score (nSPS) is 19.2. The maximum atomic E-state index is 6.14. The molecule has 19 heavy (non-hydrogen) atoms. The van der Waals surface area contributed by atoms with Crippen LogP contribution in [0.5, 0.6) is 0 Å². The summed E-state index contributed by atoms with van der Waals surface area (Å²) in [5.74, 6) is 0.699. The zero-order valence-electron chi connectivity index (χ0n) is 10.0. The van der Waals surface area contributed by atoms with Gasteiger partial charge in [0, 0.05) is 18.8 Å². The number of aromatic amines is 1. The van der Waals surface area contributed by atoms with E-state index in [2.05, 4.69) is 25.6 Å². The molecule has 0 aromatic carbocycles. The summed E-state index contributed by atoms with van der Waals surface area (Å²) in [5, 5.41) is 8.35. The Morgan fingerprint density at radius 2 is 2.16 bits per heavy atom. The van der Waals surface area contributed by atoms with E-state index < -0.39 is 0 Å². The third kappa shape index (κ3) is 3.05. The van der Waals surface area contributed by atoms with E-state index in [1.807, 2.05) is 0 Å². The van der Waals surface area contributed by atoms with Crippen LogP contribution in [0, 0.1) is 0 Å². The minimum Gasteiger partial charge on any atom is -0.365 e. The third-order valence-electron chi connectivity index (χ3n) is 3.09. The number of nitrogens with one attached hydrogen (secondary N) is 3. The lowest BCUT2D eigenvalue weighted by Crippen LogP contribution is -2.38.